The van der Waals surface area contributed by atoms with Crippen molar-refractivity contribution < 1.29 is 22.7 Å². The summed E-state index contributed by atoms with van der Waals surface area (Å²) in [7, 11) is -1.99. The molecule has 1 aromatic carbocycles. The van der Waals surface area contributed by atoms with Gasteiger partial charge in [-0.15, -0.1) is 0 Å². The molecule has 0 spiro atoms. The van der Waals surface area contributed by atoms with Gasteiger partial charge in [-0.1, -0.05) is 18.2 Å². The normalized spacial score (nSPS) is 15.4. The van der Waals surface area contributed by atoms with Gasteiger partial charge in [-0.05, 0) is 19.1 Å². The van der Waals surface area contributed by atoms with E-state index in [4.69, 9.17) is 9.47 Å². The summed E-state index contributed by atoms with van der Waals surface area (Å²) >= 11 is 0. The minimum absolute atomic E-state index is 0.108. The Labute approximate surface area is 165 Å². The van der Waals surface area contributed by atoms with Crippen LogP contribution in [0.1, 0.15) is 23.0 Å². The van der Waals surface area contributed by atoms with Gasteiger partial charge in [0, 0.05) is 38.4 Å². The van der Waals surface area contributed by atoms with Gasteiger partial charge in [-0.25, -0.2) is 8.42 Å². The Morgan fingerprint density at radius 2 is 1.96 bits per heavy atom. The van der Waals surface area contributed by atoms with Crippen LogP contribution in [-0.4, -0.2) is 56.1 Å². The van der Waals surface area contributed by atoms with Gasteiger partial charge in [0.2, 0.25) is 10.0 Å². The topological polar surface area (TPSA) is 89.9 Å². The number of ether oxygens (including phenoxy) is 2. The monoisotopic (exact) mass is 407 g/mol. The molecule has 152 valence electrons. The van der Waals surface area contributed by atoms with Crippen molar-refractivity contribution in [3.63, 3.8) is 0 Å². The van der Waals surface area contributed by atoms with Crippen molar-refractivity contribution in [2.24, 2.45) is 7.05 Å². The molecule has 0 saturated carbocycles. The Hall–Kier alpha value is -2.36. The van der Waals surface area contributed by atoms with E-state index >= 15 is 0 Å². The van der Waals surface area contributed by atoms with Gasteiger partial charge >= 0.3 is 0 Å². The largest absolute Gasteiger partial charge is 0.494 e. The van der Waals surface area contributed by atoms with E-state index in [0.29, 0.717) is 38.7 Å². The zero-order chi connectivity index (χ0) is 20.1. The van der Waals surface area contributed by atoms with Crippen LogP contribution < -0.4 is 10.1 Å². The molecule has 1 aliphatic rings. The number of carbonyl (C=O) groups excluding carboxylic acids is 1. The van der Waals surface area contributed by atoms with Crippen LogP contribution in [0.25, 0.3) is 0 Å². The first-order valence-corrected chi connectivity index (χ1v) is 10.6. The van der Waals surface area contributed by atoms with E-state index in [2.05, 4.69) is 5.32 Å². The molecule has 1 N–H and O–H groups in total. The number of para-hydroxylation sites is 1. The van der Waals surface area contributed by atoms with Gasteiger partial charge in [-0.3, -0.25) is 4.79 Å². The van der Waals surface area contributed by atoms with Crippen molar-refractivity contribution in [3.8, 4) is 5.75 Å². The average Bonchev–Trinajstić information content (AvgIpc) is 3.10. The highest BCUT2D eigenvalue weighted by Gasteiger charge is 2.28. The summed E-state index contributed by atoms with van der Waals surface area (Å²) in [4.78, 5) is 12.7. The number of rotatable bonds is 7. The molecule has 0 bridgehead atoms. The Bertz CT molecular complexity index is 933. The number of benzene rings is 1. The van der Waals surface area contributed by atoms with Crippen molar-refractivity contribution >= 4 is 15.9 Å². The first-order valence-electron chi connectivity index (χ1n) is 9.16. The van der Waals surface area contributed by atoms with Crippen molar-refractivity contribution in [1.29, 1.82) is 0 Å². The van der Waals surface area contributed by atoms with Crippen LogP contribution in [0.4, 0.5) is 0 Å². The molecule has 1 amide bonds. The molecule has 3 rings (SSSR count). The first kappa shape index (κ1) is 20.4. The number of nitrogens with one attached hydrogen (secondary N) is 1. The van der Waals surface area contributed by atoms with Crippen molar-refractivity contribution in [2.45, 2.75) is 18.4 Å². The van der Waals surface area contributed by atoms with Crippen molar-refractivity contribution in [3.05, 3.63) is 47.8 Å². The SMILES string of the molecule is CCOc1ccccc1CNC(=O)c1cc(S(=O)(=O)N2CCOCC2)cn1C. The maximum Gasteiger partial charge on any atom is 0.268 e. The molecule has 0 atom stereocenters. The lowest BCUT2D eigenvalue weighted by Crippen LogP contribution is -2.40. The zero-order valence-electron chi connectivity index (χ0n) is 16.1. The average molecular weight is 407 g/mol. The lowest BCUT2D eigenvalue weighted by Gasteiger charge is -2.25. The van der Waals surface area contributed by atoms with Crippen LogP contribution in [0.5, 0.6) is 5.75 Å². The fourth-order valence-corrected chi connectivity index (χ4v) is 4.53. The fourth-order valence-electron chi connectivity index (χ4n) is 3.05. The minimum Gasteiger partial charge on any atom is -0.494 e. The van der Waals surface area contributed by atoms with Gasteiger partial charge < -0.3 is 19.4 Å². The summed E-state index contributed by atoms with van der Waals surface area (Å²) in [6, 6.07) is 8.88. The number of aryl methyl sites for hydroxylation is 1. The lowest BCUT2D eigenvalue weighted by molar-refractivity contribution is 0.0730. The highest BCUT2D eigenvalue weighted by atomic mass is 32.2. The maximum atomic E-state index is 12.8. The third-order valence-electron chi connectivity index (χ3n) is 4.53. The molecule has 1 aliphatic heterocycles. The van der Waals surface area contributed by atoms with Gasteiger partial charge in [0.1, 0.15) is 16.3 Å². The number of hydrogen-bond donors (Lipinski definition) is 1. The van der Waals surface area contributed by atoms with E-state index in [1.165, 1.54) is 21.1 Å². The number of morpholine rings is 1. The zero-order valence-corrected chi connectivity index (χ0v) is 16.9. The summed E-state index contributed by atoms with van der Waals surface area (Å²) in [5, 5.41) is 2.83. The second kappa shape index (κ2) is 8.76. The van der Waals surface area contributed by atoms with Gasteiger partial charge in [0.15, 0.2) is 0 Å². The van der Waals surface area contributed by atoms with E-state index in [0.717, 1.165) is 5.56 Å². The van der Waals surface area contributed by atoms with Crippen LogP contribution in [0.2, 0.25) is 0 Å². The molecule has 1 saturated heterocycles. The van der Waals surface area contributed by atoms with E-state index in [9.17, 15) is 13.2 Å². The number of aromatic nitrogens is 1. The van der Waals surface area contributed by atoms with Gasteiger partial charge in [0.05, 0.1) is 19.8 Å². The second-order valence-corrected chi connectivity index (χ2v) is 8.35. The summed E-state index contributed by atoms with van der Waals surface area (Å²) < 4.78 is 39.2. The van der Waals surface area contributed by atoms with Crippen LogP contribution in [0, 0.1) is 0 Å². The van der Waals surface area contributed by atoms with E-state index in [1.54, 1.807) is 7.05 Å². The fraction of sp³-hybridized carbons (Fsp3) is 0.421. The number of hydrogen-bond acceptors (Lipinski definition) is 5. The van der Waals surface area contributed by atoms with Gasteiger partial charge in [0.25, 0.3) is 5.91 Å². The number of sulfonamides is 1. The standard InChI is InChI=1S/C19H25N3O5S/c1-3-27-18-7-5-4-6-15(18)13-20-19(23)17-12-16(14-21(17)2)28(24,25)22-8-10-26-11-9-22/h4-7,12,14H,3,8-11,13H2,1-2H3,(H,20,23). The third kappa shape index (κ3) is 4.37. The third-order valence-corrected chi connectivity index (χ3v) is 6.40. The highest BCUT2D eigenvalue weighted by Crippen LogP contribution is 2.21. The molecule has 1 aromatic heterocycles. The second-order valence-electron chi connectivity index (χ2n) is 6.41. The lowest BCUT2D eigenvalue weighted by atomic mass is 10.2. The Morgan fingerprint density at radius 3 is 2.68 bits per heavy atom. The van der Waals surface area contributed by atoms with Crippen molar-refractivity contribution in [1.82, 2.24) is 14.2 Å². The van der Waals surface area contributed by atoms with Crippen LogP contribution >= 0.6 is 0 Å². The Morgan fingerprint density at radius 1 is 1.25 bits per heavy atom. The molecule has 0 aliphatic carbocycles. The summed E-state index contributed by atoms with van der Waals surface area (Å²) in [5.41, 5.74) is 1.13. The summed E-state index contributed by atoms with van der Waals surface area (Å²) in [6.07, 6.45) is 1.47. The summed E-state index contributed by atoms with van der Waals surface area (Å²) in [6.45, 7) is 4.09. The van der Waals surface area contributed by atoms with E-state index in [1.807, 2.05) is 31.2 Å². The highest BCUT2D eigenvalue weighted by molar-refractivity contribution is 7.89. The quantitative estimate of drug-likeness (QED) is 0.749. The van der Waals surface area contributed by atoms with Crippen LogP contribution in [0.3, 0.4) is 0 Å². The molecule has 2 aromatic rings. The Kier molecular flexibility index (Phi) is 6.38. The number of nitrogens with zero attached hydrogens (tertiary/aromatic N) is 2. The number of carbonyl (C=O) groups is 1. The maximum absolute atomic E-state index is 12.8. The molecule has 28 heavy (non-hydrogen) atoms. The first-order chi connectivity index (χ1) is 13.4. The molecule has 1 fully saturated rings. The molecular weight excluding hydrogens is 382 g/mol. The molecule has 0 unspecified atom stereocenters. The molecule has 9 heteroatoms. The number of amides is 1. The van der Waals surface area contributed by atoms with Crippen molar-refractivity contribution in [2.75, 3.05) is 32.9 Å². The van der Waals surface area contributed by atoms with Crippen LogP contribution in [-0.2, 0) is 28.4 Å². The van der Waals surface area contributed by atoms with Gasteiger partial charge in [-0.2, -0.15) is 4.31 Å². The molecule has 2 heterocycles. The molecular formula is C19H25N3O5S. The van der Waals surface area contributed by atoms with E-state index in [-0.39, 0.29) is 23.0 Å². The van der Waals surface area contributed by atoms with Crippen LogP contribution in [0.15, 0.2) is 41.4 Å². The summed E-state index contributed by atoms with van der Waals surface area (Å²) in [5.74, 6) is 0.366. The smallest absolute Gasteiger partial charge is 0.268 e. The molecule has 8 nitrogen and oxygen atoms in total. The Balaban J connectivity index is 1.73. The minimum atomic E-state index is -3.65. The predicted octanol–water partition coefficient (Wildman–Crippen LogP) is 1.37. The molecule has 0 radical (unpaired) electrons. The predicted molar refractivity (Wildman–Crippen MR) is 104 cm³/mol. The van der Waals surface area contributed by atoms with E-state index < -0.39 is 10.0 Å².